The Morgan fingerprint density at radius 1 is 1.38 bits per heavy atom. The molecule has 0 saturated heterocycles. The largest absolute Gasteiger partial charge is 0.479 e. The summed E-state index contributed by atoms with van der Waals surface area (Å²) < 4.78 is 5.12. The third-order valence-corrected chi connectivity index (χ3v) is 3.71. The standard InChI is InChI=1S/C13H24O3/c1-13(2,11(16-3)12(14)15)9-10-7-5-4-6-8-10/h10-11H,4-9H2,1-3H3,(H,14,15). The molecule has 1 fully saturated rings. The maximum atomic E-state index is 11.1. The fourth-order valence-corrected chi connectivity index (χ4v) is 3.00. The van der Waals surface area contributed by atoms with Crippen molar-refractivity contribution in [3.8, 4) is 0 Å². The summed E-state index contributed by atoms with van der Waals surface area (Å²) in [5, 5.41) is 9.11. The summed E-state index contributed by atoms with van der Waals surface area (Å²) in [5.74, 6) is -0.163. The molecule has 94 valence electrons. The number of carboxylic acid groups (broad SMARTS) is 1. The first-order valence-corrected chi connectivity index (χ1v) is 6.23. The van der Waals surface area contributed by atoms with Crippen LogP contribution in [0.3, 0.4) is 0 Å². The molecule has 3 nitrogen and oxygen atoms in total. The van der Waals surface area contributed by atoms with Gasteiger partial charge in [-0.25, -0.2) is 4.79 Å². The van der Waals surface area contributed by atoms with Gasteiger partial charge in [-0.3, -0.25) is 0 Å². The quantitative estimate of drug-likeness (QED) is 0.786. The number of rotatable bonds is 5. The van der Waals surface area contributed by atoms with Crippen LogP contribution in [0.25, 0.3) is 0 Å². The van der Waals surface area contributed by atoms with Crippen LogP contribution in [0.2, 0.25) is 0 Å². The van der Waals surface area contributed by atoms with Crippen LogP contribution in [0, 0.1) is 11.3 Å². The number of carbonyl (C=O) groups is 1. The molecule has 0 aromatic carbocycles. The molecule has 1 rings (SSSR count). The summed E-state index contributed by atoms with van der Waals surface area (Å²) in [6.45, 7) is 4.01. The molecule has 3 heteroatoms. The monoisotopic (exact) mass is 228 g/mol. The first-order chi connectivity index (χ1) is 7.47. The Morgan fingerprint density at radius 2 is 1.94 bits per heavy atom. The second-order valence-corrected chi connectivity index (χ2v) is 5.65. The number of hydrogen-bond donors (Lipinski definition) is 1. The van der Waals surface area contributed by atoms with Gasteiger partial charge in [-0.05, 0) is 12.3 Å². The van der Waals surface area contributed by atoms with E-state index >= 15 is 0 Å². The molecule has 0 spiro atoms. The first kappa shape index (κ1) is 13.5. The molecule has 0 aliphatic heterocycles. The predicted octanol–water partition coefficient (Wildman–Crippen LogP) is 3.08. The van der Waals surface area contributed by atoms with Gasteiger partial charge in [0.1, 0.15) is 0 Å². The Morgan fingerprint density at radius 3 is 2.38 bits per heavy atom. The molecule has 1 atom stereocenters. The van der Waals surface area contributed by atoms with Crippen molar-refractivity contribution in [2.24, 2.45) is 11.3 Å². The average Bonchev–Trinajstić information content (AvgIpc) is 2.18. The Kier molecular flexibility index (Phi) is 4.78. The van der Waals surface area contributed by atoms with E-state index in [0.29, 0.717) is 5.92 Å². The van der Waals surface area contributed by atoms with Crippen molar-refractivity contribution in [1.82, 2.24) is 0 Å². The molecule has 0 amide bonds. The molecule has 0 bridgehead atoms. The van der Waals surface area contributed by atoms with Crippen LogP contribution in [-0.2, 0) is 9.53 Å². The van der Waals surface area contributed by atoms with Crippen LogP contribution >= 0.6 is 0 Å². The normalized spacial score (nSPS) is 20.7. The van der Waals surface area contributed by atoms with Crippen LogP contribution < -0.4 is 0 Å². The topological polar surface area (TPSA) is 46.5 Å². The van der Waals surface area contributed by atoms with E-state index in [1.165, 1.54) is 39.2 Å². The second kappa shape index (κ2) is 5.67. The highest BCUT2D eigenvalue weighted by Gasteiger charge is 2.37. The Labute approximate surface area is 98.2 Å². The summed E-state index contributed by atoms with van der Waals surface area (Å²) in [6, 6.07) is 0. The van der Waals surface area contributed by atoms with Crippen molar-refractivity contribution in [1.29, 1.82) is 0 Å². The van der Waals surface area contributed by atoms with Gasteiger partial charge >= 0.3 is 5.97 Å². The SMILES string of the molecule is COC(C(=O)O)C(C)(C)CC1CCCCC1. The van der Waals surface area contributed by atoms with Gasteiger partial charge in [0, 0.05) is 12.5 Å². The molecule has 0 radical (unpaired) electrons. The minimum atomic E-state index is -0.844. The third-order valence-electron chi connectivity index (χ3n) is 3.71. The lowest BCUT2D eigenvalue weighted by atomic mass is 9.73. The fourth-order valence-electron chi connectivity index (χ4n) is 3.00. The lowest BCUT2D eigenvalue weighted by molar-refractivity contribution is -0.157. The van der Waals surface area contributed by atoms with Crippen LogP contribution in [-0.4, -0.2) is 24.3 Å². The molecule has 0 heterocycles. The van der Waals surface area contributed by atoms with E-state index in [2.05, 4.69) is 0 Å². The van der Waals surface area contributed by atoms with E-state index in [9.17, 15) is 4.79 Å². The van der Waals surface area contributed by atoms with Gasteiger partial charge in [0.15, 0.2) is 6.10 Å². The Balaban J connectivity index is 2.57. The molecule has 1 aliphatic rings. The molecular weight excluding hydrogens is 204 g/mol. The third kappa shape index (κ3) is 3.48. The number of methoxy groups -OCH3 is 1. The molecule has 1 unspecified atom stereocenters. The summed E-state index contributed by atoms with van der Waals surface area (Å²) in [7, 11) is 1.49. The van der Waals surface area contributed by atoms with Crippen molar-refractivity contribution in [2.75, 3.05) is 7.11 Å². The summed E-state index contributed by atoms with van der Waals surface area (Å²) in [6.07, 6.45) is 6.70. The molecule has 1 saturated carbocycles. The zero-order chi connectivity index (χ0) is 12.2. The van der Waals surface area contributed by atoms with E-state index in [4.69, 9.17) is 9.84 Å². The Bertz CT molecular complexity index is 229. The minimum Gasteiger partial charge on any atom is -0.479 e. The van der Waals surface area contributed by atoms with Gasteiger partial charge in [-0.1, -0.05) is 46.0 Å². The van der Waals surface area contributed by atoms with Crippen molar-refractivity contribution in [3.63, 3.8) is 0 Å². The second-order valence-electron chi connectivity index (χ2n) is 5.65. The molecule has 16 heavy (non-hydrogen) atoms. The average molecular weight is 228 g/mol. The molecule has 1 N–H and O–H groups in total. The molecule has 0 aromatic heterocycles. The van der Waals surface area contributed by atoms with Gasteiger partial charge in [0.05, 0.1) is 0 Å². The van der Waals surface area contributed by atoms with E-state index in [1.807, 2.05) is 13.8 Å². The zero-order valence-corrected chi connectivity index (χ0v) is 10.7. The van der Waals surface area contributed by atoms with E-state index in [1.54, 1.807) is 0 Å². The number of ether oxygens (including phenoxy) is 1. The lowest BCUT2D eigenvalue weighted by Crippen LogP contribution is -2.39. The van der Waals surface area contributed by atoms with Crippen LogP contribution in [0.1, 0.15) is 52.4 Å². The first-order valence-electron chi connectivity index (χ1n) is 6.23. The summed E-state index contributed by atoms with van der Waals surface area (Å²) in [5.41, 5.74) is -0.275. The van der Waals surface area contributed by atoms with Gasteiger partial charge in [-0.15, -0.1) is 0 Å². The fraction of sp³-hybridized carbons (Fsp3) is 0.923. The predicted molar refractivity (Wildman–Crippen MR) is 63.4 cm³/mol. The lowest BCUT2D eigenvalue weighted by Gasteiger charge is -2.35. The molecule has 1 aliphatic carbocycles. The highest BCUT2D eigenvalue weighted by molar-refractivity contribution is 5.73. The molecular formula is C13H24O3. The summed E-state index contributed by atoms with van der Waals surface area (Å²) in [4.78, 5) is 11.1. The number of carboxylic acids is 1. The van der Waals surface area contributed by atoms with E-state index in [0.717, 1.165) is 6.42 Å². The van der Waals surface area contributed by atoms with E-state index in [-0.39, 0.29) is 5.41 Å². The molecule has 0 aromatic rings. The van der Waals surface area contributed by atoms with Crippen molar-refractivity contribution >= 4 is 5.97 Å². The maximum absolute atomic E-state index is 11.1. The van der Waals surface area contributed by atoms with Gasteiger partial charge in [-0.2, -0.15) is 0 Å². The summed E-state index contributed by atoms with van der Waals surface area (Å²) >= 11 is 0. The van der Waals surface area contributed by atoms with Crippen LogP contribution in [0.4, 0.5) is 0 Å². The van der Waals surface area contributed by atoms with Gasteiger partial charge in [0.25, 0.3) is 0 Å². The maximum Gasteiger partial charge on any atom is 0.333 e. The van der Waals surface area contributed by atoms with E-state index < -0.39 is 12.1 Å². The van der Waals surface area contributed by atoms with Gasteiger partial charge in [0.2, 0.25) is 0 Å². The Hall–Kier alpha value is -0.570. The van der Waals surface area contributed by atoms with Crippen molar-refractivity contribution < 1.29 is 14.6 Å². The van der Waals surface area contributed by atoms with Gasteiger partial charge < -0.3 is 9.84 Å². The number of hydrogen-bond acceptors (Lipinski definition) is 2. The van der Waals surface area contributed by atoms with Crippen LogP contribution in [0.5, 0.6) is 0 Å². The minimum absolute atomic E-state index is 0.275. The zero-order valence-electron chi connectivity index (χ0n) is 10.7. The highest BCUT2D eigenvalue weighted by Crippen LogP contribution is 2.37. The smallest absolute Gasteiger partial charge is 0.333 e. The highest BCUT2D eigenvalue weighted by atomic mass is 16.5. The van der Waals surface area contributed by atoms with Crippen molar-refractivity contribution in [2.45, 2.75) is 58.5 Å². The number of aliphatic carboxylic acids is 1. The van der Waals surface area contributed by atoms with Crippen molar-refractivity contribution in [3.05, 3.63) is 0 Å². The van der Waals surface area contributed by atoms with Crippen LogP contribution in [0.15, 0.2) is 0 Å².